The van der Waals surface area contributed by atoms with Crippen LogP contribution in [0.4, 0.5) is 0 Å². The molecule has 1 aliphatic carbocycles. The summed E-state index contributed by atoms with van der Waals surface area (Å²) >= 11 is 0. The third kappa shape index (κ3) is 2.98. The molecule has 1 aromatic rings. The number of likely N-dealkylation sites (tertiary alicyclic amines) is 1. The molecule has 2 N–H and O–H groups in total. The summed E-state index contributed by atoms with van der Waals surface area (Å²) in [7, 11) is 0. The first kappa shape index (κ1) is 14.7. The Morgan fingerprint density at radius 1 is 1.17 bits per heavy atom. The van der Waals surface area contributed by atoms with Gasteiger partial charge in [0.05, 0.1) is 11.7 Å². The largest absolute Gasteiger partial charge is 0.342 e. The van der Waals surface area contributed by atoms with E-state index in [0.29, 0.717) is 12.3 Å². The second-order valence-corrected chi connectivity index (χ2v) is 7.06. The average molecular weight is 313 g/mol. The summed E-state index contributed by atoms with van der Waals surface area (Å²) in [6, 6.07) is 9.91. The van der Waals surface area contributed by atoms with Crippen molar-refractivity contribution in [1.29, 1.82) is 0 Å². The van der Waals surface area contributed by atoms with Crippen LogP contribution in [0.1, 0.15) is 31.2 Å². The molecule has 2 saturated heterocycles. The molecule has 2 amide bonds. The summed E-state index contributed by atoms with van der Waals surface area (Å²) < 4.78 is 0. The summed E-state index contributed by atoms with van der Waals surface area (Å²) in [5.74, 6) is 0.668. The predicted octanol–water partition coefficient (Wildman–Crippen LogP) is 1.05. The number of hydrogen-bond donors (Lipinski definition) is 2. The Labute approximate surface area is 136 Å². The summed E-state index contributed by atoms with van der Waals surface area (Å²) in [5.41, 5.74) is 0.843. The topological polar surface area (TPSA) is 61.4 Å². The van der Waals surface area contributed by atoms with Crippen LogP contribution >= 0.6 is 0 Å². The predicted molar refractivity (Wildman–Crippen MR) is 86.5 cm³/mol. The molecule has 2 heterocycles. The lowest BCUT2D eigenvalue weighted by atomic mass is 9.97. The number of benzene rings is 1. The second-order valence-electron chi connectivity index (χ2n) is 7.06. The van der Waals surface area contributed by atoms with E-state index in [4.69, 9.17) is 0 Å². The molecule has 1 saturated carbocycles. The molecule has 5 heteroatoms. The summed E-state index contributed by atoms with van der Waals surface area (Å²) in [6.07, 6.45) is 4.40. The molecule has 122 valence electrons. The standard InChI is InChI=1S/C18H23N3O2/c22-16-15(12-13-4-2-1-3-5-13)19-18(20-16)8-10-21(11-9-18)17(23)14-6-7-14/h1-5,14-15,19H,6-12H2,(H,20,22). The molecule has 1 atom stereocenters. The van der Waals surface area contributed by atoms with E-state index in [-0.39, 0.29) is 23.5 Å². The molecule has 5 nitrogen and oxygen atoms in total. The van der Waals surface area contributed by atoms with Gasteiger partial charge in [-0.2, -0.15) is 0 Å². The van der Waals surface area contributed by atoms with E-state index in [2.05, 4.69) is 22.8 Å². The molecule has 2 aliphatic heterocycles. The van der Waals surface area contributed by atoms with Gasteiger partial charge in [-0.25, -0.2) is 0 Å². The Balaban J connectivity index is 1.37. The van der Waals surface area contributed by atoms with Gasteiger partial charge in [-0.1, -0.05) is 30.3 Å². The molecule has 3 fully saturated rings. The van der Waals surface area contributed by atoms with Gasteiger partial charge in [-0.15, -0.1) is 0 Å². The van der Waals surface area contributed by atoms with Crippen molar-refractivity contribution in [3.05, 3.63) is 35.9 Å². The fourth-order valence-corrected chi connectivity index (χ4v) is 3.72. The van der Waals surface area contributed by atoms with Crippen molar-refractivity contribution in [3.63, 3.8) is 0 Å². The van der Waals surface area contributed by atoms with Crippen molar-refractivity contribution >= 4 is 11.8 Å². The van der Waals surface area contributed by atoms with Crippen molar-refractivity contribution in [2.24, 2.45) is 5.92 Å². The van der Waals surface area contributed by atoms with E-state index in [1.54, 1.807) is 0 Å². The van der Waals surface area contributed by atoms with Gasteiger partial charge in [0.25, 0.3) is 0 Å². The lowest BCUT2D eigenvalue weighted by Crippen LogP contribution is -2.58. The van der Waals surface area contributed by atoms with Crippen molar-refractivity contribution in [2.45, 2.75) is 43.8 Å². The fraction of sp³-hybridized carbons (Fsp3) is 0.556. The highest BCUT2D eigenvalue weighted by atomic mass is 16.2. The van der Waals surface area contributed by atoms with Crippen LogP contribution in [0.25, 0.3) is 0 Å². The lowest BCUT2D eigenvalue weighted by molar-refractivity contribution is -0.134. The number of carbonyl (C=O) groups is 2. The summed E-state index contributed by atoms with van der Waals surface area (Å²) in [5, 5.41) is 6.67. The number of nitrogens with zero attached hydrogens (tertiary/aromatic N) is 1. The molecule has 3 aliphatic rings. The minimum absolute atomic E-state index is 0.0795. The Morgan fingerprint density at radius 3 is 2.52 bits per heavy atom. The third-order valence-corrected chi connectivity index (χ3v) is 5.27. The number of carbonyl (C=O) groups excluding carboxylic acids is 2. The van der Waals surface area contributed by atoms with Gasteiger partial charge in [0, 0.05) is 31.8 Å². The molecule has 0 aromatic heterocycles. The van der Waals surface area contributed by atoms with Crippen LogP contribution in [0.2, 0.25) is 0 Å². The Hall–Kier alpha value is -1.88. The van der Waals surface area contributed by atoms with Gasteiger partial charge >= 0.3 is 0 Å². The first-order valence-corrected chi connectivity index (χ1v) is 8.58. The second kappa shape index (κ2) is 5.64. The Bertz CT molecular complexity index is 604. The Kier molecular flexibility index (Phi) is 3.60. The SMILES string of the molecule is O=C1NC2(CCN(C(=O)C3CC3)CC2)NC1Cc1ccccc1. The van der Waals surface area contributed by atoms with E-state index < -0.39 is 0 Å². The molecule has 23 heavy (non-hydrogen) atoms. The number of amides is 2. The van der Waals surface area contributed by atoms with Crippen LogP contribution in [-0.2, 0) is 16.0 Å². The van der Waals surface area contributed by atoms with E-state index in [0.717, 1.165) is 38.8 Å². The fourth-order valence-electron chi connectivity index (χ4n) is 3.72. The van der Waals surface area contributed by atoms with Gasteiger partial charge in [-0.3, -0.25) is 14.9 Å². The zero-order valence-electron chi connectivity index (χ0n) is 13.3. The number of rotatable bonds is 3. The van der Waals surface area contributed by atoms with E-state index >= 15 is 0 Å². The minimum atomic E-state index is -0.323. The maximum absolute atomic E-state index is 12.3. The summed E-state index contributed by atoms with van der Waals surface area (Å²) in [4.78, 5) is 26.5. The average Bonchev–Trinajstić information content (AvgIpc) is 3.36. The van der Waals surface area contributed by atoms with Crippen molar-refractivity contribution in [2.75, 3.05) is 13.1 Å². The highest BCUT2D eigenvalue weighted by Crippen LogP contribution is 2.33. The molecular formula is C18H23N3O2. The van der Waals surface area contributed by atoms with E-state index in [1.807, 2.05) is 23.1 Å². The maximum Gasteiger partial charge on any atom is 0.238 e. The first-order chi connectivity index (χ1) is 11.2. The highest BCUT2D eigenvalue weighted by Gasteiger charge is 2.46. The van der Waals surface area contributed by atoms with Crippen molar-refractivity contribution in [1.82, 2.24) is 15.5 Å². The van der Waals surface area contributed by atoms with Crippen LogP contribution in [0.3, 0.4) is 0 Å². The Morgan fingerprint density at radius 2 is 1.87 bits per heavy atom. The van der Waals surface area contributed by atoms with Crippen molar-refractivity contribution in [3.8, 4) is 0 Å². The molecule has 0 radical (unpaired) electrons. The van der Waals surface area contributed by atoms with Crippen molar-refractivity contribution < 1.29 is 9.59 Å². The van der Waals surface area contributed by atoms with Crippen LogP contribution in [0, 0.1) is 5.92 Å². The molecule has 0 bridgehead atoms. The van der Waals surface area contributed by atoms with Gasteiger partial charge < -0.3 is 10.2 Å². The van der Waals surface area contributed by atoms with E-state index in [9.17, 15) is 9.59 Å². The van der Waals surface area contributed by atoms with Gasteiger partial charge in [0.15, 0.2) is 0 Å². The molecule has 1 unspecified atom stereocenters. The summed E-state index contributed by atoms with van der Waals surface area (Å²) in [6.45, 7) is 1.47. The minimum Gasteiger partial charge on any atom is -0.342 e. The third-order valence-electron chi connectivity index (χ3n) is 5.27. The highest BCUT2D eigenvalue weighted by molar-refractivity contribution is 5.85. The zero-order valence-corrected chi connectivity index (χ0v) is 13.3. The normalized spacial score (nSPS) is 26.3. The van der Waals surface area contributed by atoms with Crippen LogP contribution in [0.5, 0.6) is 0 Å². The van der Waals surface area contributed by atoms with E-state index in [1.165, 1.54) is 5.56 Å². The smallest absolute Gasteiger partial charge is 0.238 e. The van der Waals surface area contributed by atoms with Crippen LogP contribution in [0.15, 0.2) is 30.3 Å². The van der Waals surface area contributed by atoms with Crippen LogP contribution in [-0.4, -0.2) is 41.5 Å². The molecule has 1 spiro atoms. The number of piperidine rings is 1. The quantitative estimate of drug-likeness (QED) is 0.877. The number of nitrogens with one attached hydrogen (secondary N) is 2. The monoisotopic (exact) mass is 313 g/mol. The van der Waals surface area contributed by atoms with Gasteiger partial charge in [-0.05, 0) is 24.8 Å². The maximum atomic E-state index is 12.3. The molecular weight excluding hydrogens is 290 g/mol. The van der Waals surface area contributed by atoms with Gasteiger partial charge in [0.2, 0.25) is 11.8 Å². The van der Waals surface area contributed by atoms with Gasteiger partial charge in [0.1, 0.15) is 0 Å². The lowest BCUT2D eigenvalue weighted by Gasteiger charge is -2.39. The number of hydrogen-bond acceptors (Lipinski definition) is 3. The first-order valence-electron chi connectivity index (χ1n) is 8.58. The zero-order chi connectivity index (χ0) is 15.9. The molecule has 1 aromatic carbocycles. The molecule has 4 rings (SSSR count). The van der Waals surface area contributed by atoms with Crippen LogP contribution < -0.4 is 10.6 Å².